The second-order valence-electron chi connectivity index (χ2n) is 4.50. The van der Waals surface area contributed by atoms with Crippen LogP contribution < -0.4 is 10.2 Å². The van der Waals surface area contributed by atoms with Gasteiger partial charge in [-0.2, -0.15) is 0 Å². The van der Waals surface area contributed by atoms with Crippen molar-refractivity contribution >= 4 is 27.8 Å². The van der Waals surface area contributed by atoms with E-state index < -0.39 is 0 Å². The average molecular weight is 296 g/mol. The SMILES string of the molecule is CCCNCc1cnc(N(C)Cc2scnc2C)s1. The first-order chi connectivity index (χ1) is 9.20. The van der Waals surface area contributed by atoms with Gasteiger partial charge >= 0.3 is 0 Å². The molecule has 0 saturated heterocycles. The van der Waals surface area contributed by atoms with E-state index in [4.69, 9.17) is 0 Å². The Morgan fingerprint density at radius 3 is 2.89 bits per heavy atom. The second kappa shape index (κ2) is 6.98. The third kappa shape index (κ3) is 3.99. The van der Waals surface area contributed by atoms with Gasteiger partial charge in [0.05, 0.1) is 17.7 Å². The number of nitrogens with zero attached hydrogens (tertiary/aromatic N) is 3. The number of hydrogen-bond acceptors (Lipinski definition) is 6. The molecule has 104 valence electrons. The quantitative estimate of drug-likeness (QED) is 0.797. The van der Waals surface area contributed by atoms with Crippen molar-refractivity contribution < 1.29 is 0 Å². The van der Waals surface area contributed by atoms with Crippen molar-refractivity contribution in [1.29, 1.82) is 0 Å². The van der Waals surface area contributed by atoms with Crippen LogP contribution in [0.5, 0.6) is 0 Å². The summed E-state index contributed by atoms with van der Waals surface area (Å²) < 4.78 is 0. The Morgan fingerprint density at radius 1 is 1.37 bits per heavy atom. The standard InChI is InChI=1S/C13H20N4S2/c1-4-5-14-6-11-7-15-13(19-11)17(3)8-12-10(2)16-9-18-12/h7,9,14H,4-6,8H2,1-3H3. The number of nitrogens with one attached hydrogen (secondary N) is 1. The Labute approximate surface area is 122 Å². The molecule has 2 aromatic heterocycles. The van der Waals surface area contributed by atoms with Crippen LogP contribution in [0.25, 0.3) is 0 Å². The number of thiazole rings is 2. The highest BCUT2D eigenvalue weighted by atomic mass is 32.1. The molecule has 0 unspecified atom stereocenters. The van der Waals surface area contributed by atoms with Gasteiger partial charge in [0, 0.05) is 29.5 Å². The van der Waals surface area contributed by atoms with Crippen LogP contribution in [0.15, 0.2) is 11.7 Å². The van der Waals surface area contributed by atoms with E-state index >= 15 is 0 Å². The number of rotatable bonds is 7. The van der Waals surface area contributed by atoms with Crippen molar-refractivity contribution in [2.45, 2.75) is 33.4 Å². The van der Waals surface area contributed by atoms with Crippen LogP contribution in [-0.2, 0) is 13.1 Å². The Morgan fingerprint density at radius 2 is 2.21 bits per heavy atom. The minimum absolute atomic E-state index is 0.881. The van der Waals surface area contributed by atoms with Crippen molar-refractivity contribution in [2.75, 3.05) is 18.5 Å². The molecule has 0 aliphatic carbocycles. The fraction of sp³-hybridized carbons (Fsp3) is 0.538. The maximum absolute atomic E-state index is 4.49. The van der Waals surface area contributed by atoms with Crippen LogP contribution in [0, 0.1) is 6.92 Å². The lowest BCUT2D eigenvalue weighted by Gasteiger charge is -2.14. The lowest BCUT2D eigenvalue weighted by atomic mass is 10.4. The fourth-order valence-corrected chi connectivity index (χ4v) is 3.37. The maximum Gasteiger partial charge on any atom is 0.185 e. The van der Waals surface area contributed by atoms with Crippen LogP contribution in [0.2, 0.25) is 0 Å². The smallest absolute Gasteiger partial charge is 0.185 e. The zero-order chi connectivity index (χ0) is 13.7. The van der Waals surface area contributed by atoms with E-state index in [0.29, 0.717) is 0 Å². The molecule has 2 aromatic rings. The first kappa shape index (κ1) is 14.4. The van der Waals surface area contributed by atoms with Gasteiger partial charge in [0.1, 0.15) is 0 Å². The van der Waals surface area contributed by atoms with Gasteiger partial charge in [0.15, 0.2) is 5.13 Å². The second-order valence-corrected chi connectivity index (χ2v) is 6.54. The molecule has 2 heterocycles. The molecular formula is C13H20N4S2. The molecule has 19 heavy (non-hydrogen) atoms. The number of aryl methyl sites for hydroxylation is 1. The summed E-state index contributed by atoms with van der Waals surface area (Å²) in [5.41, 5.74) is 3.03. The van der Waals surface area contributed by atoms with Gasteiger partial charge in [0.25, 0.3) is 0 Å². The highest BCUT2D eigenvalue weighted by Gasteiger charge is 2.10. The molecule has 0 bridgehead atoms. The zero-order valence-corrected chi connectivity index (χ0v) is 13.3. The van der Waals surface area contributed by atoms with Crippen LogP contribution in [-0.4, -0.2) is 23.6 Å². The summed E-state index contributed by atoms with van der Waals surface area (Å²) in [6.45, 7) is 7.09. The maximum atomic E-state index is 4.49. The first-order valence-corrected chi connectivity index (χ1v) is 8.15. The van der Waals surface area contributed by atoms with Crippen LogP contribution >= 0.6 is 22.7 Å². The summed E-state index contributed by atoms with van der Waals surface area (Å²) in [7, 11) is 2.08. The molecule has 0 aliphatic heterocycles. The molecule has 0 radical (unpaired) electrons. The molecule has 0 spiro atoms. The number of anilines is 1. The molecule has 0 saturated carbocycles. The van der Waals surface area contributed by atoms with Crippen LogP contribution in [0.4, 0.5) is 5.13 Å². The molecule has 4 nitrogen and oxygen atoms in total. The van der Waals surface area contributed by atoms with Crippen molar-refractivity contribution in [3.63, 3.8) is 0 Å². The third-order valence-electron chi connectivity index (χ3n) is 2.82. The lowest BCUT2D eigenvalue weighted by Crippen LogP contribution is -2.15. The normalized spacial score (nSPS) is 10.9. The van der Waals surface area contributed by atoms with Crippen LogP contribution in [0.1, 0.15) is 28.8 Å². The van der Waals surface area contributed by atoms with Gasteiger partial charge in [-0.05, 0) is 19.9 Å². The predicted octanol–water partition coefficient (Wildman–Crippen LogP) is 3.04. The monoisotopic (exact) mass is 296 g/mol. The summed E-state index contributed by atoms with van der Waals surface area (Å²) in [4.78, 5) is 13.6. The van der Waals surface area contributed by atoms with Crippen molar-refractivity contribution in [3.8, 4) is 0 Å². The van der Waals surface area contributed by atoms with E-state index in [-0.39, 0.29) is 0 Å². The largest absolute Gasteiger partial charge is 0.346 e. The Hall–Kier alpha value is -0.980. The molecule has 6 heteroatoms. The molecule has 0 aromatic carbocycles. The Balaban J connectivity index is 1.92. The van der Waals surface area contributed by atoms with E-state index in [2.05, 4.69) is 41.1 Å². The van der Waals surface area contributed by atoms with E-state index in [1.165, 1.54) is 9.75 Å². The summed E-state index contributed by atoms with van der Waals surface area (Å²) >= 11 is 3.46. The minimum Gasteiger partial charge on any atom is -0.346 e. The molecule has 2 rings (SSSR count). The summed E-state index contributed by atoms with van der Waals surface area (Å²) in [6.07, 6.45) is 3.13. The van der Waals surface area contributed by atoms with Gasteiger partial charge in [0.2, 0.25) is 0 Å². The van der Waals surface area contributed by atoms with Gasteiger partial charge in [-0.1, -0.05) is 6.92 Å². The van der Waals surface area contributed by atoms with Crippen molar-refractivity contribution in [1.82, 2.24) is 15.3 Å². The number of hydrogen-bond donors (Lipinski definition) is 1. The Kier molecular flexibility index (Phi) is 5.30. The van der Waals surface area contributed by atoms with Crippen LogP contribution in [0.3, 0.4) is 0 Å². The highest BCUT2D eigenvalue weighted by Crippen LogP contribution is 2.24. The van der Waals surface area contributed by atoms with E-state index in [1.807, 2.05) is 11.7 Å². The summed E-state index contributed by atoms with van der Waals surface area (Å²) in [5.74, 6) is 0. The third-order valence-corrected chi connectivity index (χ3v) is 4.85. The summed E-state index contributed by atoms with van der Waals surface area (Å²) in [5, 5.41) is 4.47. The van der Waals surface area contributed by atoms with Gasteiger partial charge < -0.3 is 10.2 Å². The van der Waals surface area contributed by atoms with Gasteiger partial charge in [-0.25, -0.2) is 9.97 Å². The van der Waals surface area contributed by atoms with E-state index in [0.717, 1.165) is 36.9 Å². The molecule has 0 fully saturated rings. The Bertz CT molecular complexity index is 506. The number of aromatic nitrogens is 2. The topological polar surface area (TPSA) is 41.1 Å². The molecule has 0 atom stereocenters. The lowest BCUT2D eigenvalue weighted by molar-refractivity contribution is 0.681. The highest BCUT2D eigenvalue weighted by molar-refractivity contribution is 7.15. The first-order valence-electron chi connectivity index (χ1n) is 6.46. The van der Waals surface area contributed by atoms with Gasteiger partial charge in [-0.15, -0.1) is 22.7 Å². The van der Waals surface area contributed by atoms with Crippen molar-refractivity contribution in [3.05, 3.63) is 27.2 Å². The fourth-order valence-electron chi connectivity index (χ4n) is 1.70. The van der Waals surface area contributed by atoms with E-state index in [9.17, 15) is 0 Å². The van der Waals surface area contributed by atoms with Crippen molar-refractivity contribution in [2.24, 2.45) is 0 Å². The van der Waals surface area contributed by atoms with Gasteiger partial charge in [-0.3, -0.25) is 0 Å². The predicted molar refractivity (Wildman–Crippen MR) is 83.1 cm³/mol. The molecule has 0 aliphatic rings. The zero-order valence-electron chi connectivity index (χ0n) is 11.6. The molecule has 1 N–H and O–H groups in total. The average Bonchev–Trinajstić information content (AvgIpc) is 3.00. The molecule has 0 amide bonds. The minimum atomic E-state index is 0.881. The van der Waals surface area contributed by atoms with E-state index in [1.54, 1.807) is 22.7 Å². The molecular weight excluding hydrogens is 276 g/mol. The summed E-state index contributed by atoms with van der Waals surface area (Å²) in [6, 6.07) is 0.